The maximum Gasteiger partial charge on any atom is 0.113 e. The highest BCUT2D eigenvalue weighted by Crippen LogP contribution is 2.30. The van der Waals surface area contributed by atoms with Crippen LogP contribution in [-0.2, 0) is 0 Å². The third-order valence-corrected chi connectivity index (χ3v) is 5.34. The van der Waals surface area contributed by atoms with Crippen LogP contribution < -0.4 is 27.3 Å². The lowest BCUT2D eigenvalue weighted by molar-refractivity contribution is 0.802. The van der Waals surface area contributed by atoms with Gasteiger partial charge in [0.1, 0.15) is 39.2 Å². The van der Waals surface area contributed by atoms with Gasteiger partial charge in [-0.2, -0.15) is 0 Å². The average Bonchev–Trinajstić information content (AvgIpc) is 2.65. The molecular weight excluding hydrogens is 330 g/mol. The minimum absolute atomic E-state index is 0.233. The lowest BCUT2D eigenvalue weighted by Crippen LogP contribution is -2.56. The van der Waals surface area contributed by atoms with Gasteiger partial charge in [0.2, 0.25) is 0 Å². The van der Waals surface area contributed by atoms with Gasteiger partial charge in [0.05, 0.1) is 0 Å². The van der Waals surface area contributed by atoms with Gasteiger partial charge >= 0.3 is 0 Å². The summed E-state index contributed by atoms with van der Waals surface area (Å²) in [7, 11) is 30.2. The van der Waals surface area contributed by atoms with Crippen molar-refractivity contribution in [3.63, 3.8) is 0 Å². The first-order valence-corrected chi connectivity index (χ1v) is 9.53. The van der Waals surface area contributed by atoms with Crippen LogP contribution in [0, 0.1) is 11.8 Å². The minimum Gasteiger partial charge on any atom is -0.112 e. The fraction of sp³-hybridized carbons (Fsp3) is 0.304. The largest absolute Gasteiger partial charge is 0.113 e. The zero-order valence-corrected chi connectivity index (χ0v) is 17.5. The van der Waals surface area contributed by atoms with E-state index in [2.05, 4.69) is 58.1 Å². The molecule has 0 amide bonds. The topological polar surface area (TPSA) is 0 Å². The number of hydrogen-bond acceptors (Lipinski definition) is 0. The van der Waals surface area contributed by atoms with E-state index in [0.717, 1.165) is 5.57 Å². The van der Waals surface area contributed by atoms with Crippen molar-refractivity contribution in [2.24, 2.45) is 11.8 Å². The van der Waals surface area contributed by atoms with Crippen LogP contribution in [0.1, 0.15) is 40.2 Å². The van der Waals surface area contributed by atoms with Crippen molar-refractivity contribution in [3.05, 3.63) is 58.7 Å². The van der Waals surface area contributed by atoms with Gasteiger partial charge < -0.3 is 0 Å². The van der Waals surface area contributed by atoms with E-state index in [4.69, 9.17) is 39.2 Å². The van der Waals surface area contributed by atoms with Crippen LogP contribution in [0.25, 0.3) is 5.57 Å². The van der Waals surface area contributed by atoms with Crippen molar-refractivity contribution in [1.29, 1.82) is 0 Å². The molecule has 1 aliphatic carbocycles. The van der Waals surface area contributed by atoms with Gasteiger partial charge in [0.15, 0.2) is 0 Å². The van der Waals surface area contributed by atoms with Crippen LogP contribution in [0.2, 0.25) is 0 Å². The standard InChI is InChI=1S/C23H23B5/c1-12(2)6-8-16-10-11-17(15(5)14(16)4)9-7-13(3)18-19(24)21(26)23(28)22(27)20(18)25/h6-12,15H,1-5H3/b8-6-,13-7+,17-9-. The Kier molecular flexibility index (Phi) is 7.37. The van der Waals surface area contributed by atoms with Crippen LogP contribution in [0.4, 0.5) is 0 Å². The molecule has 0 saturated heterocycles. The molecule has 1 unspecified atom stereocenters. The van der Waals surface area contributed by atoms with E-state index in [1.165, 1.54) is 16.7 Å². The molecule has 0 spiro atoms. The second kappa shape index (κ2) is 9.16. The van der Waals surface area contributed by atoms with Crippen molar-refractivity contribution < 1.29 is 0 Å². The number of allylic oxidation sites excluding steroid dienone is 10. The van der Waals surface area contributed by atoms with Gasteiger partial charge in [-0.3, -0.25) is 0 Å². The van der Waals surface area contributed by atoms with Crippen LogP contribution >= 0.6 is 0 Å². The Morgan fingerprint density at radius 1 is 0.929 bits per heavy atom. The van der Waals surface area contributed by atoms with Crippen LogP contribution in [0.5, 0.6) is 0 Å². The van der Waals surface area contributed by atoms with Crippen molar-refractivity contribution in [2.45, 2.75) is 34.6 Å². The van der Waals surface area contributed by atoms with E-state index in [1.54, 1.807) is 0 Å². The normalized spacial score (nSPS) is 19.4. The van der Waals surface area contributed by atoms with Gasteiger partial charge in [0, 0.05) is 5.92 Å². The molecule has 1 aromatic carbocycles. The smallest absolute Gasteiger partial charge is 0.112 e. The zero-order chi connectivity index (χ0) is 21.2. The molecular formula is C23H23B5. The first kappa shape index (κ1) is 22.5. The van der Waals surface area contributed by atoms with Crippen molar-refractivity contribution in [3.8, 4) is 0 Å². The molecule has 10 radical (unpaired) electrons. The molecule has 130 valence electrons. The molecule has 0 heterocycles. The lowest BCUT2D eigenvalue weighted by Gasteiger charge is -2.22. The average molecular weight is 353 g/mol. The van der Waals surface area contributed by atoms with E-state index in [-0.39, 0.29) is 16.4 Å². The monoisotopic (exact) mass is 354 g/mol. The lowest BCUT2D eigenvalue weighted by atomic mass is 9.59. The van der Waals surface area contributed by atoms with Crippen molar-refractivity contribution >= 4 is 72.1 Å². The highest BCUT2D eigenvalue weighted by atomic mass is 14.2. The Morgan fingerprint density at radius 3 is 2.00 bits per heavy atom. The third-order valence-electron chi connectivity index (χ3n) is 5.34. The van der Waals surface area contributed by atoms with Gasteiger partial charge in [-0.1, -0.05) is 73.7 Å². The Bertz CT molecular complexity index is 898. The summed E-state index contributed by atoms with van der Waals surface area (Å²) in [6.07, 6.45) is 12.8. The van der Waals surface area contributed by atoms with Crippen molar-refractivity contribution in [1.82, 2.24) is 0 Å². The summed E-state index contributed by atoms with van der Waals surface area (Å²) >= 11 is 0. The molecule has 0 aromatic heterocycles. The maximum atomic E-state index is 6.16. The molecule has 1 aliphatic rings. The predicted octanol–water partition coefficient (Wildman–Crippen LogP) is 0.720. The highest BCUT2D eigenvalue weighted by molar-refractivity contribution is 6.67. The van der Waals surface area contributed by atoms with Gasteiger partial charge in [-0.05, 0) is 42.0 Å². The summed E-state index contributed by atoms with van der Waals surface area (Å²) < 4.78 is 0. The van der Waals surface area contributed by atoms with Crippen LogP contribution in [0.3, 0.4) is 0 Å². The molecule has 28 heavy (non-hydrogen) atoms. The molecule has 0 aliphatic heterocycles. The number of rotatable bonds is 4. The van der Waals surface area contributed by atoms with Crippen LogP contribution in [-0.4, -0.2) is 39.2 Å². The van der Waals surface area contributed by atoms with E-state index < -0.39 is 0 Å². The third kappa shape index (κ3) is 4.62. The fourth-order valence-electron chi connectivity index (χ4n) is 3.22. The Morgan fingerprint density at radius 2 is 1.46 bits per heavy atom. The van der Waals surface area contributed by atoms with Gasteiger partial charge in [-0.25, -0.2) is 0 Å². The van der Waals surface area contributed by atoms with E-state index in [1.807, 2.05) is 13.0 Å². The second-order valence-corrected chi connectivity index (χ2v) is 7.76. The molecule has 1 aromatic rings. The van der Waals surface area contributed by atoms with E-state index >= 15 is 0 Å². The van der Waals surface area contributed by atoms with E-state index in [9.17, 15) is 0 Å². The van der Waals surface area contributed by atoms with E-state index in [0.29, 0.717) is 28.3 Å². The Hall–Kier alpha value is -1.76. The minimum atomic E-state index is 0.233. The molecule has 5 heteroatoms. The van der Waals surface area contributed by atoms with Gasteiger partial charge in [0.25, 0.3) is 0 Å². The first-order valence-electron chi connectivity index (χ1n) is 9.53. The molecule has 0 nitrogen and oxygen atoms in total. The fourth-order valence-corrected chi connectivity index (χ4v) is 3.22. The number of benzene rings is 1. The Labute approximate surface area is 177 Å². The predicted molar refractivity (Wildman–Crippen MR) is 130 cm³/mol. The van der Waals surface area contributed by atoms with Crippen LogP contribution in [0.15, 0.2) is 53.2 Å². The second-order valence-electron chi connectivity index (χ2n) is 7.76. The first-order chi connectivity index (χ1) is 13.1. The summed E-state index contributed by atoms with van der Waals surface area (Å²) in [4.78, 5) is 0. The Balaban J connectivity index is 2.39. The number of hydrogen-bond donors (Lipinski definition) is 0. The summed E-state index contributed by atoms with van der Waals surface area (Å²) in [5, 5.41) is 0. The summed E-state index contributed by atoms with van der Waals surface area (Å²) in [5.41, 5.74) is 6.85. The molecule has 0 saturated carbocycles. The molecule has 0 bridgehead atoms. The van der Waals surface area contributed by atoms with Crippen molar-refractivity contribution in [2.75, 3.05) is 0 Å². The maximum absolute atomic E-state index is 6.16. The summed E-state index contributed by atoms with van der Waals surface area (Å²) in [6.45, 7) is 10.7. The molecule has 1 atom stereocenters. The quantitative estimate of drug-likeness (QED) is 0.700. The highest BCUT2D eigenvalue weighted by Gasteiger charge is 2.15. The summed E-state index contributed by atoms with van der Waals surface area (Å²) in [6, 6.07) is 0. The molecule has 0 N–H and O–H groups in total. The molecule has 0 fully saturated rings. The zero-order valence-electron chi connectivity index (χ0n) is 17.5. The van der Waals surface area contributed by atoms with Gasteiger partial charge in [-0.15, -0.1) is 16.4 Å². The SMILES string of the molecule is [B]c1c([B])c([B])c(/C(C)=C/C=C2/C=CC(/C=C\C(C)C)=C(C)C2C)c([B])c1[B]. The summed E-state index contributed by atoms with van der Waals surface area (Å²) in [5.74, 6) is 0.847. The molecule has 2 rings (SSSR count).